The van der Waals surface area contributed by atoms with Crippen LogP contribution in [0.2, 0.25) is 0 Å². The molecule has 2 N–H and O–H groups in total. The maximum atomic E-state index is 9.58. The van der Waals surface area contributed by atoms with Crippen molar-refractivity contribution >= 4 is 21.6 Å². The van der Waals surface area contributed by atoms with E-state index in [0.29, 0.717) is 5.92 Å². The minimum atomic E-state index is -0.236. The zero-order chi connectivity index (χ0) is 12.4. The van der Waals surface area contributed by atoms with Crippen LogP contribution < -0.4 is 4.90 Å². The van der Waals surface area contributed by atoms with Crippen molar-refractivity contribution in [1.29, 1.82) is 0 Å². The molecule has 0 radical (unpaired) electrons. The summed E-state index contributed by atoms with van der Waals surface area (Å²) in [7, 11) is 0. The van der Waals surface area contributed by atoms with Gasteiger partial charge in [0, 0.05) is 29.2 Å². The summed E-state index contributed by atoms with van der Waals surface area (Å²) in [6.07, 6.45) is 0.803. The van der Waals surface area contributed by atoms with Crippen molar-refractivity contribution in [3.05, 3.63) is 28.2 Å². The van der Waals surface area contributed by atoms with Gasteiger partial charge in [0.05, 0.1) is 12.7 Å². The van der Waals surface area contributed by atoms with E-state index < -0.39 is 0 Å². The van der Waals surface area contributed by atoms with Gasteiger partial charge in [0.1, 0.15) is 0 Å². The number of aliphatic hydroxyl groups excluding tert-OH is 2. The van der Waals surface area contributed by atoms with Crippen molar-refractivity contribution in [2.24, 2.45) is 5.92 Å². The molecule has 1 aliphatic rings. The Morgan fingerprint density at radius 2 is 2.29 bits per heavy atom. The molecule has 1 aliphatic heterocycles. The lowest BCUT2D eigenvalue weighted by atomic mass is 10.0. The van der Waals surface area contributed by atoms with Gasteiger partial charge in [-0.2, -0.15) is 0 Å². The summed E-state index contributed by atoms with van der Waals surface area (Å²) in [5.74, 6) is 0.367. The molecule has 94 valence electrons. The first kappa shape index (κ1) is 12.9. The number of hydrogen-bond acceptors (Lipinski definition) is 3. The molecule has 0 spiro atoms. The van der Waals surface area contributed by atoms with E-state index in [1.165, 1.54) is 0 Å². The van der Waals surface area contributed by atoms with Crippen LogP contribution in [0.3, 0.4) is 0 Å². The second-order valence-electron chi connectivity index (χ2n) is 4.67. The summed E-state index contributed by atoms with van der Waals surface area (Å²) < 4.78 is 0.943. The number of nitrogens with zero attached hydrogens (tertiary/aromatic N) is 1. The van der Waals surface area contributed by atoms with Crippen molar-refractivity contribution < 1.29 is 10.2 Å². The quantitative estimate of drug-likeness (QED) is 0.899. The van der Waals surface area contributed by atoms with E-state index in [0.717, 1.165) is 35.2 Å². The minimum Gasteiger partial charge on any atom is -0.393 e. The third-order valence-electron chi connectivity index (χ3n) is 3.48. The van der Waals surface area contributed by atoms with Gasteiger partial charge in [-0.25, -0.2) is 0 Å². The van der Waals surface area contributed by atoms with Crippen molar-refractivity contribution in [2.45, 2.75) is 26.1 Å². The van der Waals surface area contributed by atoms with Gasteiger partial charge in [-0.1, -0.05) is 22.0 Å². The Kier molecular flexibility index (Phi) is 4.07. The van der Waals surface area contributed by atoms with E-state index in [1.54, 1.807) is 0 Å². The molecule has 1 aromatic rings. The number of aliphatic hydroxyl groups is 2. The summed E-state index contributed by atoms with van der Waals surface area (Å²) in [6.45, 7) is 3.80. The largest absolute Gasteiger partial charge is 0.393 e. The number of anilines is 1. The summed E-state index contributed by atoms with van der Waals surface area (Å²) in [4.78, 5) is 2.28. The molecule has 0 amide bonds. The maximum absolute atomic E-state index is 9.58. The van der Waals surface area contributed by atoms with Crippen LogP contribution in [0.5, 0.6) is 0 Å². The first-order valence-electron chi connectivity index (χ1n) is 5.94. The molecule has 1 heterocycles. The van der Waals surface area contributed by atoms with Crippen molar-refractivity contribution in [3.8, 4) is 0 Å². The summed E-state index contributed by atoms with van der Waals surface area (Å²) in [5, 5.41) is 18.7. The molecular weight excluding hydrogens is 282 g/mol. The molecule has 0 saturated carbocycles. The average Bonchev–Trinajstić information content (AvgIpc) is 2.78. The number of rotatable bonds is 3. The van der Waals surface area contributed by atoms with Gasteiger partial charge in [0.2, 0.25) is 0 Å². The van der Waals surface area contributed by atoms with Crippen LogP contribution in [0.1, 0.15) is 18.9 Å². The molecule has 3 nitrogen and oxygen atoms in total. The van der Waals surface area contributed by atoms with Crippen LogP contribution in [0.25, 0.3) is 0 Å². The molecule has 1 fully saturated rings. The average molecular weight is 300 g/mol. The second kappa shape index (κ2) is 5.38. The fraction of sp³-hybridized carbons (Fsp3) is 0.538. The van der Waals surface area contributed by atoms with Crippen molar-refractivity contribution in [1.82, 2.24) is 0 Å². The van der Waals surface area contributed by atoms with Crippen LogP contribution >= 0.6 is 15.9 Å². The van der Waals surface area contributed by atoms with Crippen LogP contribution in [-0.2, 0) is 6.61 Å². The fourth-order valence-corrected chi connectivity index (χ4v) is 2.77. The molecule has 4 heteroatoms. The minimum absolute atomic E-state index is 0.0527. The number of halogens is 1. The molecule has 2 unspecified atom stereocenters. The predicted octanol–water partition coefficient (Wildman–Crippen LogP) is 2.15. The van der Waals surface area contributed by atoms with Crippen LogP contribution in [0, 0.1) is 5.92 Å². The maximum Gasteiger partial charge on any atom is 0.0692 e. The SMILES string of the molecule is CC(O)C1CCN(c2ccc(CO)c(Br)c2)C1. The van der Waals surface area contributed by atoms with E-state index >= 15 is 0 Å². The first-order chi connectivity index (χ1) is 8.11. The van der Waals surface area contributed by atoms with Gasteiger partial charge in [-0.15, -0.1) is 0 Å². The Bertz CT molecular complexity index is 395. The summed E-state index contributed by atoms with van der Waals surface area (Å²) in [6, 6.07) is 6.01. The molecule has 2 rings (SSSR count). The van der Waals surface area contributed by atoms with Gasteiger partial charge in [-0.05, 0) is 31.0 Å². The molecule has 0 aromatic heterocycles. The number of benzene rings is 1. The molecule has 0 aliphatic carbocycles. The van der Waals surface area contributed by atoms with Crippen LogP contribution in [0.4, 0.5) is 5.69 Å². The standard InChI is InChI=1S/C13H18BrNO2/c1-9(17)10-4-5-15(7-10)12-3-2-11(8-16)13(14)6-12/h2-3,6,9-10,16-17H,4-5,7-8H2,1H3. The highest BCUT2D eigenvalue weighted by Gasteiger charge is 2.26. The monoisotopic (exact) mass is 299 g/mol. The van der Waals surface area contributed by atoms with Gasteiger partial charge >= 0.3 is 0 Å². The zero-order valence-corrected chi connectivity index (χ0v) is 11.5. The van der Waals surface area contributed by atoms with E-state index in [4.69, 9.17) is 5.11 Å². The second-order valence-corrected chi connectivity index (χ2v) is 5.52. The Balaban J connectivity index is 2.11. The lowest BCUT2D eigenvalue weighted by Crippen LogP contribution is -2.23. The van der Waals surface area contributed by atoms with Crippen LogP contribution in [0.15, 0.2) is 22.7 Å². The summed E-state index contributed by atoms with van der Waals surface area (Å²) in [5.41, 5.74) is 2.05. The smallest absolute Gasteiger partial charge is 0.0692 e. The van der Waals surface area contributed by atoms with Gasteiger partial charge in [0.15, 0.2) is 0 Å². The van der Waals surface area contributed by atoms with E-state index in [1.807, 2.05) is 25.1 Å². The highest BCUT2D eigenvalue weighted by molar-refractivity contribution is 9.10. The van der Waals surface area contributed by atoms with Gasteiger partial charge in [0.25, 0.3) is 0 Å². The van der Waals surface area contributed by atoms with E-state index in [9.17, 15) is 5.11 Å². The normalized spacial score (nSPS) is 21.9. The summed E-state index contributed by atoms with van der Waals surface area (Å²) >= 11 is 3.46. The van der Waals surface area contributed by atoms with E-state index in [2.05, 4.69) is 20.8 Å². The predicted molar refractivity (Wildman–Crippen MR) is 72.1 cm³/mol. The fourth-order valence-electron chi connectivity index (χ4n) is 2.28. The van der Waals surface area contributed by atoms with Gasteiger partial charge in [-0.3, -0.25) is 0 Å². The zero-order valence-electron chi connectivity index (χ0n) is 9.93. The lowest BCUT2D eigenvalue weighted by molar-refractivity contribution is 0.136. The van der Waals surface area contributed by atoms with Gasteiger partial charge < -0.3 is 15.1 Å². The Labute approximate surface area is 110 Å². The Morgan fingerprint density at radius 3 is 2.82 bits per heavy atom. The first-order valence-corrected chi connectivity index (χ1v) is 6.73. The highest BCUT2D eigenvalue weighted by Crippen LogP contribution is 2.29. The third kappa shape index (κ3) is 2.81. The molecule has 1 saturated heterocycles. The van der Waals surface area contributed by atoms with Crippen LogP contribution in [-0.4, -0.2) is 29.4 Å². The highest BCUT2D eigenvalue weighted by atomic mass is 79.9. The molecule has 17 heavy (non-hydrogen) atoms. The molecule has 0 bridgehead atoms. The number of hydrogen-bond donors (Lipinski definition) is 2. The Hall–Kier alpha value is -0.580. The Morgan fingerprint density at radius 1 is 1.53 bits per heavy atom. The van der Waals surface area contributed by atoms with E-state index in [-0.39, 0.29) is 12.7 Å². The lowest BCUT2D eigenvalue weighted by Gasteiger charge is -2.20. The van der Waals surface area contributed by atoms with Crippen molar-refractivity contribution in [2.75, 3.05) is 18.0 Å². The third-order valence-corrected chi connectivity index (χ3v) is 4.22. The molecule has 2 atom stereocenters. The molecule has 1 aromatic carbocycles. The topological polar surface area (TPSA) is 43.7 Å². The molecular formula is C13H18BrNO2. The van der Waals surface area contributed by atoms with Crippen molar-refractivity contribution in [3.63, 3.8) is 0 Å².